The van der Waals surface area contributed by atoms with Gasteiger partial charge in [0, 0.05) is 10.7 Å². The third kappa shape index (κ3) is 2.04. The first kappa shape index (κ1) is 14.7. The summed E-state index contributed by atoms with van der Waals surface area (Å²) in [5.74, 6) is 0.294. The van der Waals surface area contributed by atoms with E-state index in [4.69, 9.17) is 10.5 Å². The quantitative estimate of drug-likeness (QED) is 0.584. The normalized spacial score (nSPS) is 32.9. The van der Waals surface area contributed by atoms with E-state index in [0.717, 1.165) is 0 Å². The maximum atomic E-state index is 10.5. The molecule has 8 nitrogen and oxygen atoms in total. The molecule has 4 atom stereocenters. The van der Waals surface area contributed by atoms with Gasteiger partial charge in [0.1, 0.15) is 35.6 Å². The average molecular weight is 359 g/mol. The molecule has 0 saturated carbocycles. The Hall–Kier alpha value is -1.26. The zero-order valence-corrected chi connectivity index (χ0v) is 12.7. The van der Waals surface area contributed by atoms with E-state index < -0.39 is 30.6 Å². The summed E-state index contributed by atoms with van der Waals surface area (Å²) in [5, 5.41) is 30.4. The molecule has 0 bridgehead atoms. The molecule has 0 aromatic carbocycles. The molecule has 2 aromatic rings. The third-order valence-electron chi connectivity index (χ3n) is 3.78. The molecule has 3 heterocycles. The first-order valence-electron chi connectivity index (χ1n) is 6.31. The van der Waals surface area contributed by atoms with Gasteiger partial charge in [-0.3, -0.25) is 0 Å². The van der Waals surface area contributed by atoms with E-state index in [1.54, 1.807) is 10.8 Å². The fraction of sp³-hybridized carbons (Fsp3) is 0.500. The van der Waals surface area contributed by atoms with Gasteiger partial charge in [-0.1, -0.05) is 0 Å². The number of nitrogen functional groups attached to an aromatic ring is 1. The van der Waals surface area contributed by atoms with Crippen LogP contribution in [0, 0.1) is 0 Å². The lowest BCUT2D eigenvalue weighted by molar-refractivity contribution is -0.0948. The van der Waals surface area contributed by atoms with E-state index in [9.17, 15) is 15.3 Å². The molecule has 1 aliphatic rings. The zero-order chi connectivity index (χ0) is 15.4. The number of nitrogens with two attached hydrogens (primary N) is 1. The van der Waals surface area contributed by atoms with Crippen LogP contribution in [0.1, 0.15) is 13.2 Å². The Labute approximate surface area is 128 Å². The lowest BCUT2D eigenvalue weighted by atomic mass is 9.96. The van der Waals surface area contributed by atoms with Crippen LogP contribution in [0.2, 0.25) is 0 Å². The minimum Gasteiger partial charge on any atom is -0.394 e. The van der Waals surface area contributed by atoms with Gasteiger partial charge in [-0.05, 0) is 22.9 Å². The highest BCUT2D eigenvalue weighted by molar-refractivity contribution is 9.10. The molecule has 114 valence electrons. The molecule has 0 amide bonds. The Kier molecular flexibility index (Phi) is 3.41. The van der Waals surface area contributed by atoms with Gasteiger partial charge in [0.25, 0.3) is 0 Å². The van der Waals surface area contributed by atoms with Crippen molar-refractivity contribution < 1.29 is 20.1 Å². The molecule has 1 fully saturated rings. The summed E-state index contributed by atoms with van der Waals surface area (Å²) < 4.78 is 7.79. The van der Waals surface area contributed by atoms with Crippen LogP contribution in [0.15, 0.2) is 17.0 Å². The number of ether oxygens (including phenoxy) is 1. The first-order chi connectivity index (χ1) is 9.87. The van der Waals surface area contributed by atoms with Crippen molar-refractivity contribution in [2.45, 2.75) is 31.0 Å². The summed E-state index contributed by atoms with van der Waals surface area (Å²) in [4.78, 5) is 8.08. The minimum atomic E-state index is -1.58. The lowest BCUT2D eigenvalue weighted by Gasteiger charge is -2.27. The first-order valence-corrected chi connectivity index (χ1v) is 7.10. The summed E-state index contributed by atoms with van der Waals surface area (Å²) in [5.41, 5.74) is 4.71. The fourth-order valence-electron chi connectivity index (χ4n) is 2.63. The van der Waals surface area contributed by atoms with E-state index in [1.165, 1.54) is 13.3 Å². The number of fused-ring (bicyclic) bond motifs is 1. The van der Waals surface area contributed by atoms with Crippen molar-refractivity contribution in [1.82, 2.24) is 14.5 Å². The number of hydrogen-bond donors (Lipinski definition) is 4. The summed E-state index contributed by atoms with van der Waals surface area (Å²) >= 11 is 3.37. The molecule has 21 heavy (non-hydrogen) atoms. The number of rotatable bonds is 2. The number of nitrogens with zero attached hydrogens (tertiary/aromatic N) is 3. The summed E-state index contributed by atoms with van der Waals surface area (Å²) in [7, 11) is 0. The molecule has 0 spiro atoms. The van der Waals surface area contributed by atoms with Gasteiger partial charge < -0.3 is 30.4 Å². The van der Waals surface area contributed by atoms with Crippen molar-refractivity contribution in [2.75, 3.05) is 12.3 Å². The molecule has 0 radical (unpaired) electrons. The highest BCUT2D eigenvalue weighted by atomic mass is 79.9. The molecular formula is C12H15BrN4O4. The summed E-state index contributed by atoms with van der Waals surface area (Å²) in [6.45, 7) is 1.05. The molecule has 3 rings (SSSR count). The van der Waals surface area contributed by atoms with Crippen molar-refractivity contribution in [2.24, 2.45) is 0 Å². The number of hydrogen-bond acceptors (Lipinski definition) is 7. The predicted molar refractivity (Wildman–Crippen MR) is 77.3 cm³/mol. The molecule has 0 aliphatic carbocycles. The van der Waals surface area contributed by atoms with Gasteiger partial charge in [0.15, 0.2) is 6.23 Å². The molecular weight excluding hydrogens is 344 g/mol. The van der Waals surface area contributed by atoms with Crippen LogP contribution in [-0.2, 0) is 4.74 Å². The third-order valence-corrected chi connectivity index (χ3v) is 4.38. The van der Waals surface area contributed by atoms with Gasteiger partial charge in [-0.15, -0.1) is 0 Å². The van der Waals surface area contributed by atoms with Crippen molar-refractivity contribution in [3.8, 4) is 0 Å². The molecule has 1 saturated heterocycles. The summed E-state index contributed by atoms with van der Waals surface area (Å²) in [6.07, 6.45) is -0.0398. The highest BCUT2D eigenvalue weighted by Crippen LogP contribution is 2.41. The number of anilines is 1. The van der Waals surface area contributed by atoms with Crippen molar-refractivity contribution in [3.63, 3.8) is 0 Å². The Morgan fingerprint density at radius 1 is 1.52 bits per heavy atom. The van der Waals surface area contributed by atoms with Crippen molar-refractivity contribution >= 4 is 32.8 Å². The Bertz CT molecular complexity index is 689. The van der Waals surface area contributed by atoms with Gasteiger partial charge >= 0.3 is 0 Å². The SMILES string of the molecule is C[C@]1(O)C(n2cc(Br)c3c(N)ncnc32)O[C@H](CO)[C@H]1O. The number of halogens is 1. The van der Waals surface area contributed by atoms with Gasteiger partial charge in [0.2, 0.25) is 0 Å². The topological polar surface area (TPSA) is 127 Å². The Morgan fingerprint density at radius 3 is 2.86 bits per heavy atom. The smallest absolute Gasteiger partial charge is 0.167 e. The zero-order valence-electron chi connectivity index (χ0n) is 11.1. The van der Waals surface area contributed by atoms with Crippen LogP contribution in [0.25, 0.3) is 11.0 Å². The standard InChI is InChI=1S/C12H15BrN4O4/c1-12(20)8(19)6(3-18)21-11(12)17-2-5(13)7-9(14)15-4-16-10(7)17/h2,4,6,8,11,18-20H,3H2,1H3,(H2,14,15,16)/t6-,8-,11?,12-/m1/s1. The van der Waals surface area contributed by atoms with E-state index >= 15 is 0 Å². The molecule has 5 N–H and O–H groups in total. The van der Waals surface area contributed by atoms with Crippen LogP contribution in [0.5, 0.6) is 0 Å². The molecule has 1 unspecified atom stereocenters. The van der Waals surface area contributed by atoms with Crippen LogP contribution in [0.4, 0.5) is 5.82 Å². The van der Waals surface area contributed by atoms with E-state index in [1.807, 2.05) is 0 Å². The second-order valence-corrected chi connectivity index (χ2v) is 6.08. The maximum Gasteiger partial charge on any atom is 0.167 e. The molecule has 9 heteroatoms. The van der Waals surface area contributed by atoms with E-state index in [-0.39, 0.29) is 0 Å². The van der Waals surface area contributed by atoms with Crippen LogP contribution >= 0.6 is 15.9 Å². The number of aliphatic hydroxyl groups is 3. The minimum absolute atomic E-state index is 0.294. The predicted octanol–water partition coefficient (Wildman–Crippen LogP) is -0.222. The average Bonchev–Trinajstić information content (AvgIpc) is 2.87. The number of aliphatic hydroxyl groups excluding tert-OH is 2. The fourth-order valence-corrected chi connectivity index (χ4v) is 3.23. The lowest BCUT2D eigenvalue weighted by Crippen LogP contribution is -2.44. The molecule has 1 aliphatic heterocycles. The Morgan fingerprint density at radius 2 is 2.24 bits per heavy atom. The monoisotopic (exact) mass is 358 g/mol. The second kappa shape index (κ2) is 4.89. The van der Waals surface area contributed by atoms with E-state index in [0.29, 0.717) is 21.3 Å². The highest BCUT2D eigenvalue weighted by Gasteiger charge is 2.53. The Balaban J connectivity index is 2.15. The van der Waals surface area contributed by atoms with Gasteiger partial charge in [0.05, 0.1) is 12.0 Å². The van der Waals surface area contributed by atoms with E-state index in [2.05, 4.69) is 25.9 Å². The second-order valence-electron chi connectivity index (χ2n) is 5.22. The maximum absolute atomic E-state index is 10.5. The van der Waals surface area contributed by atoms with Crippen LogP contribution in [0.3, 0.4) is 0 Å². The van der Waals surface area contributed by atoms with Gasteiger partial charge in [-0.2, -0.15) is 0 Å². The van der Waals surface area contributed by atoms with Crippen LogP contribution in [-0.4, -0.2) is 54.3 Å². The van der Waals surface area contributed by atoms with Crippen molar-refractivity contribution in [3.05, 3.63) is 17.0 Å². The largest absolute Gasteiger partial charge is 0.394 e. The number of aromatic nitrogens is 3. The summed E-state index contributed by atoms with van der Waals surface area (Å²) in [6, 6.07) is 0. The molecule has 2 aromatic heterocycles. The van der Waals surface area contributed by atoms with Crippen molar-refractivity contribution in [1.29, 1.82) is 0 Å². The van der Waals surface area contributed by atoms with Gasteiger partial charge in [-0.25, -0.2) is 9.97 Å². The van der Waals surface area contributed by atoms with Crippen LogP contribution < -0.4 is 5.73 Å².